The molecule has 7 heteroatoms. The van der Waals surface area contributed by atoms with Crippen molar-refractivity contribution >= 4 is 24.0 Å². The smallest absolute Gasteiger partial charge is 0.240 e. The average molecular weight is 393 g/mol. The third kappa shape index (κ3) is 4.53. The lowest BCUT2D eigenvalue weighted by Crippen LogP contribution is -2.50. The molecule has 1 amide bonds. The highest BCUT2D eigenvalue weighted by atomic mass is 35.5. The Kier molecular flexibility index (Phi) is 7.07. The topological polar surface area (TPSA) is 78.2 Å². The summed E-state index contributed by atoms with van der Waals surface area (Å²) in [6.07, 6.45) is 2.77. The van der Waals surface area contributed by atoms with E-state index < -0.39 is 5.41 Å². The van der Waals surface area contributed by atoms with E-state index in [4.69, 9.17) is 4.74 Å². The van der Waals surface area contributed by atoms with Gasteiger partial charge in [0.2, 0.25) is 5.91 Å². The van der Waals surface area contributed by atoms with E-state index in [2.05, 4.69) is 41.2 Å². The molecule has 27 heavy (non-hydrogen) atoms. The predicted octanol–water partition coefficient (Wildman–Crippen LogP) is 2.71. The molecule has 2 atom stereocenters. The van der Waals surface area contributed by atoms with Gasteiger partial charge in [-0.05, 0) is 37.8 Å². The van der Waals surface area contributed by atoms with Crippen molar-refractivity contribution in [2.45, 2.75) is 39.7 Å². The van der Waals surface area contributed by atoms with Gasteiger partial charge in [0.15, 0.2) is 0 Å². The minimum atomic E-state index is -0.944. The van der Waals surface area contributed by atoms with Crippen LogP contribution in [0.4, 0.5) is 5.69 Å². The largest absolute Gasteiger partial charge is 0.381 e. The maximum atomic E-state index is 13.0. The molecule has 0 unspecified atom stereocenters. The predicted molar refractivity (Wildman–Crippen MR) is 107 cm³/mol. The summed E-state index contributed by atoms with van der Waals surface area (Å²) in [6.45, 7) is 8.98. The normalized spacial score (nSPS) is 24.2. The van der Waals surface area contributed by atoms with Crippen molar-refractivity contribution in [3.8, 4) is 6.07 Å². The van der Waals surface area contributed by atoms with Crippen LogP contribution in [0.15, 0.2) is 18.3 Å². The first kappa shape index (κ1) is 21.5. The Balaban J connectivity index is 0.00000261. The molecule has 3 heterocycles. The lowest BCUT2D eigenvalue weighted by molar-refractivity contribution is -0.133. The second-order valence-corrected chi connectivity index (χ2v) is 7.85. The van der Waals surface area contributed by atoms with E-state index in [0.29, 0.717) is 37.9 Å². The van der Waals surface area contributed by atoms with E-state index in [0.717, 1.165) is 24.5 Å². The van der Waals surface area contributed by atoms with Gasteiger partial charge in [0.05, 0.1) is 12.1 Å². The molecule has 0 aliphatic carbocycles. The number of aryl methyl sites for hydroxylation is 1. The summed E-state index contributed by atoms with van der Waals surface area (Å²) in [4.78, 5) is 19.5. The minimum Gasteiger partial charge on any atom is -0.381 e. The number of nitrogens with one attached hydrogen (secondary N) is 1. The zero-order valence-corrected chi connectivity index (χ0v) is 17.1. The first-order valence-corrected chi connectivity index (χ1v) is 9.43. The van der Waals surface area contributed by atoms with Crippen LogP contribution in [0.25, 0.3) is 0 Å². The average Bonchev–Trinajstić information content (AvgIpc) is 3.06. The fraction of sp³-hybridized carbons (Fsp3) is 0.650. The quantitative estimate of drug-likeness (QED) is 0.852. The summed E-state index contributed by atoms with van der Waals surface area (Å²) in [6, 6.07) is 6.41. The van der Waals surface area contributed by atoms with Crippen LogP contribution in [0.1, 0.15) is 32.4 Å². The Morgan fingerprint density at radius 3 is 2.70 bits per heavy atom. The Bertz CT molecular complexity index is 697. The summed E-state index contributed by atoms with van der Waals surface area (Å²) in [7, 11) is 0. The molecule has 6 nitrogen and oxygen atoms in total. The molecule has 3 rings (SSSR count). The van der Waals surface area contributed by atoms with Crippen molar-refractivity contribution in [2.75, 3.05) is 31.2 Å². The number of hydrogen-bond donors (Lipinski definition) is 1. The SMILES string of the molecule is Cc1cc(N2C[C@H](NC(=O)C3(C#N)CCOCC3)[C@@H](C(C)C)C2)ccn1.Cl. The summed E-state index contributed by atoms with van der Waals surface area (Å²) in [5.74, 6) is 0.663. The lowest BCUT2D eigenvalue weighted by atomic mass is 9.80. The molecular formula is C20H29ClN4O2. The maximum absolute atomic E-state index is 13.0. The van der Waals surface area contributed by atoms with E-state index in [-0.39, 0.29) is 24.4 Å². The van der Waals surface area contributed by atoms with Gasteiger partial charge >= 0.3 is 0 Å². The van der Waals surface area contributed by atoms with Crippen LogP contribution in [0.2, 0.25) is 0 Å². The standard InChI is InChI=1S/C20H28N4O2.ClH/c1-14(2)17-11-24(16-4-7-22-15(3)10-16)12-18(17)23-19(25)20(13-21)5-8-26-9-6-20;/h4,7,10,14,17-18H,5-6,8-9,11-12H2,1-3H3,(H,23,25);1H/t17-,18+;/m1./s1. The second kappa shape index (κ2) is 8.90. The molecular weight excluding hydrogens is 364 g/mol. The summed E-state index contributed by atoms with van der Waals surface area (Å²) < 4.78 is 5.35. The van der Waals surface area contributed by atoms with Gasteiger partial charge < -0.3 is 15.0 Å². The number of aromatic nitrogens is 1. The van der Waals surface area contributed by atoms with Gasteiger partial charge in [0.25, 0.3) is 0 Å². The maximum Gasteiger partial charge on any atom is 0.240 e. The molecule has 1 aromatic rings. The van der Waals surface area contributed by atoms with Crippen LogP contribution < -0.4 is 10.2 Å². The number of nitriles is 1. The van der Waals surface area contributed by atoms with E-state index in [1.54, 1.807) is 0 Å². The second-order valence-electron chi connectivity index (χ2n) is 7.85. The van der Waals surface area contributed by atoms with Gasteiger partial charge in [-0.3, -0.25) is 9.78 Å². The van der Waals surface area contributed by atoms with Gasteiger partial charge in [-0.1, -0.05) is 13.8 Å². The first-order chi connectivity index (χ1) is 12.4. The number of anilines is 1. The molecule has 0 radical (unpaired) electrons. The number of hydrogen-bond acceptors (Lipinski definition) is 5. The number of carbonyl (C=O) groups excluding carboxylic acids is 1. The van der Waals surface area contributed by atoms with Crippen LogP contribution in [0, 0.1) is 35.5 Å². The number of ether oxygens (including phenoxy) is 1. The zero-order chi connectivity index (χ0) is 18.7. The molecule has 0 saturated carbocycles. The Labute approximate surface area is 167 Å². The third-order valence-corrected chi connectivity index (χ3v) is 5.78. The van der Waals surface area contributed by atoms with E-state index in [1.807, 2.05) is 19.2 Å². The van der Waals surface area contributed by atoms with Crippen molar-refractivity contribution in [3.05, 3.63) is 24.0 Å². The summed E-state index contributed by atoms with van der Waals surface area (Å²) in [5.41, 5.74) is 1.18. The number of nitrogens with zero attached hydrogens (tertiary/aromatic N) is 3. The molecule has 1 N–H and O–H groups in total. The van der Waals surface area contributed by atoms with Crippen LogP contribution in [-0.2, 0) is 9.53 Å². The van der Waals surface area contributed by atoms with Crippen molar-refractivity contribution in [1.82, 2.24) is 10.3 Å². The Morgan fingerprint density at radius 1 is 1.41 bits per heavy atom. The third-order valence-electron chi connectivity index (χ3n) is 5.78. The number of halogens is 1. The molecule has 1 aromatic heterocycles. The van der Waals surface area contributed by atoms with Crippen molar-refractivity contribution < 1.29 is 9.53 Å². The van der Waals surface area contributed by atoms with E-state index >= 15 is 0 Å². The molecule has 2 aliphatic rings. The lowest BCUT2D eigenvalue weighted by Gasteiger charge is -2.32. The van der Waals surface area contributed by atoms with Gasteiger partial charge in [0.1, 0.15) is 5.41 Å². The first-order valence-electron chi connectivity index (χ1n) is 9.43. The van der Waals surface area contributed by atoms with Gasteiger partial charge in [-0.15, -0.1) is 12.4 Å². The number of carbonyl (C=O) groups is 1. The van der Waals surface area contributed by atoms with Crippen molar-refractivity contribution in [1.29, 1.82) is 5.26 Å². The highest BCUT2D eigenvalue weighted by molar-refractivity contribution is 5.86. The molecule has 0 spiro atoms. The Hall–Kier alpha value is -1.84. The van der Waals surface area contributed by atoms with Crippen LogP contribution in [-0.4, -0.2) is 43.2 Å². The highest BCUT2D eigenvalue weighted by Crippen LogP contribution is 2.33. The van der Waals surface area contributed by atoms with Crippen LogP contribution >= 0.6 is 12.4 Å². The zero-order valence-electron chi connectivity index (χ0n) is 16.3. The fourth-order valence-corrected chi connectivity index (χ4v) is 4.01. The summed E-state index contributed by atoms with van der Waals surface area (Å²) in [5, 5.41) is 12.8. The number of rotatable bonds is 4. The molecule has 2 saturated heterocycles. The fourth-order valence-electron chi connectivity index (χ4n) is 4.01. The number of pyridine rings is 1. The monoisotopic (exact) mass is 392 g/mol. The van der Waals surface area contributed by atoms with Gasteiger partial charge in [-0.25, -0.2) is 0 Å². The van der Waals surface area contributed by atoms with E-state index in [1.165, 1.54) is 0 Å². The highest BCUT2D eigenvalue weighted by Gasteiger charge is 2.44. The molecule has 0 bridgehead atoms. The van der Waals surface area contributed by atoms with Crippen LogP contribution in [0.3, 0.4) is 0 Å². The van der Waals surface area contributed by atoms with Crippen LogP contribution in [0.5, 0.6) is 0 Å². The summed E-state index contributed by atoms with van der Waals surface area (Å²) >= 11 is 0. The molecule has 2 aliphatic heterocycles. The molecule has 2 fully saturated rings. The minimum absolute atomic E-state index is 0. The Morgan fingerprint density at radius 2 is 2.11 bits per heavy atom. The molecule has 148 valence electrons. The van der Waals surface area contributed by atoms with Crippen molar-refractivity contribution in [2.24, 2.45) is 17.3 Å². The van der Waals surface area contributed by atoms with Gasteiger partial charge in [0, 0.05) is 49.8 Å². The van der Waals surface area contributed by atoms with Gasteiger partial charge in [-0.2, -0.15) is 5.26 Å². The molecule has 0 aromatic carbocycles. The number of amides is 1. The van der Waals surface area contributed by atoms with Crippen molar-refractivity contribution in [3.63, 3.8) is 0 Å². The van der Waals surface area contributed by atoms with E-state index in [9.17, 15) is 10.1 Å².